The van der Waals surface area contributed by atoms with E-state index in [1.165, 1.54) is 0 Å². The Kier molecular flexibility index (Phi) is 3.87. The number of hydrogen-bond donors (Lipinski definition) is 0. The number of hydrogen-bond acceptors (Lipinski definition) is 4. The standard InChI is InChI=1S/C21H28O4/c1-5-17(22)23-11-21-12-24-19-15-8-6-7-9-16(15)25-20(4,10-13(21)2)18(19)14(21)3/h6-9,13-14,18-19H,5,10-12H2,1-4H3/t13-,14-,18+,19+,20-,21-/m0/s1. The molecule has 2 heterocycles. The minimum atomic E-state index is -0.240. The Balaban J connectivity index is 1.72. The predicted octanol–water partition coefficient (Wildman–Crippen LogP) is 4.14. The maximum Gasteiger partial charge on any atom is 0.305 e. The number of ether oxygens (including phenoxy) is 3. The predicted molar refractivity (Wildman–Crippen MR) is 94.3 cm³/mol. The van der Waals surface area contributed by atoms with E-state index < -0.39 is 0 Å². The van der Waals surface area contributed by atoms with Crippen LogP contribution in [-0.4, -0.2) is 24.8 Å². The molecule has 136 valence electrons. The van der Waals surface area contributed by atoms with Gasteiger partial charge in [0.1, 0.15) is 11.4 Å². The Morgan fingerprint density at radius 1 is 1.32 bits per heavy atom. The Labute approximate surface area is 149 Å². The molecule has 0 unspecified atom stereocenters. The number of fused-ring (bicyclic) bond motifs is 3. The van der Waals surface area contributed by atoms with E-state index in [1.54, 1.807) is 0 Å². The Bertz CT molecular complexity index is 686. The van der Waals surface area contributed by atoms with Gasteiger partial charge in [0.25, 0.3) is 0 Å². The highest BCUT2D eigenvalue weighted by Crippen LogP contribution is 2.63. The molecule has 25 heavy (non-hydrogen) atoms. The molecule has 2 fully saturated rings. The third kappa shape index (κ3) is 2.33. The lowest BCUT2D eigenvalue weighted by Crippen LogP contribution is -2.66. The summed E-state index contributed by atoms with van der Waals surface area (Å²) >= 11 is 0. The average molecular weight is 344 g/mol. The first-order chi connectivity index (χ1) is 11.9. The molecule has 0 spiro atoms. The van der Waals surface area contributed by atoms with E-state index in [0.29, 0.717) is 31.5 Å². The third-order valence-corrected chi connectivity index (χ3v) is 7.06. The largest absolute Gasteiger partial charge is 0.487 e. The average Bonchev–Trinajstić information content (AvgIpc) is 2.59. The molecule has 6 atom stereocenters. The van der Waals surface area contributed by atoms with Gasteiger partial charge in [0.15, 0.2) is 0 Å². The van der Waals surface area contributed by atoms with Crippen LogP contribution in [0.3, 0.4) is 0 Å². The summed E-state index contributed by atoms with van der Waals surface area (Å²) in [5.41, 5.74) is 0.794. The molecule has 2 bridgehead atoms. The molecular weight excluding hydrogens is 316 g/mol. The zero-order chi connectivity index (χ0) is 17.8. The smallest absolute Gasteiger partial charge is 0.305 e. The fourth-order valence-corrected chi connectivity index (χ4v) is 5.57. The number of rotatable bonds is 3. The van der Waals surface area contributed by atoms with E-state index in [-0.39, 0.29) is 29.0 Å². The van der Waals surface area contributed by atoms with E-state index in [9.17, 15) is 4.79 Å². The minimum absolute atomic E-state index is 0.0625. The summed E-state index contributed by atoms with van der Waals surface area (Å²) in [6.45, 7) is 9.70. The van der Waals surface area contributed by atoms with Crippen LogP contribution in [-0.2, 0) is 14.3 Å². The number of carbonyl (C=O) groups excluding carboxylic acids is 1. The molecule has 1 saturated heterocycles. The van der Waals surface area contributed by atoms with Crippen LogP contribution in [0, 0.1) is 23.2 Å². The summed E-state index contributed by atoms with van der Waals surface area (Å²) in [6, 6.07) is 8.24. The lowest BCUT2D eigenvalue weighted by atomic mass is 9.50. The number of para-hydroxylation sites is 1. The topological polar surface area (TPSA) is 44.8 Å². The lowest BCUT2D eigenvalue weighted by molar-refractivity contribution is -0.262. The van der Waals surface area contributed by atoms with Crippen LogP contribution in [0.4, 0.5) is 0 Å². The van der Waals surface area contributed by atoms with Crippen molar-refractivity contribution in [2.45, 2.75) is 52.2 Å². The monoisotopic (exact) mass is 344 g/mol. The van der Waals surface area contributed by atoms with Crippen molar-refractivity contribution in [3.05, 3.63) is 29.8 Å². The van der Waals surface area contributed by atoms with Crippen LogP contribution in [0.5, 0.6) is 5.75 Å². The minimum Gasteiger partial charge on any atom is -0.487 e. The second-order valence-corrected chi connectivity index (χ2v) is 8.35. The number of esters is 1. The van der Waals surface area contributed by atoms with Gasteiger partial charge >= 0.3 is 5.97 Å². The van der Waals surface area contributed by atoms with Gasteiger partial charge in [-0.2, -0.15) is 0 Å². The van der Waals surface area contributed by atoms with Crippen molar-refractivity contribution in [2.24, 2.45) is 23.2 Å². The third-order valence-electron chi connectivity index (χ3n) is 7.06. The molecule has 0 N–H and O–H groups in total. The van der Waals surface area contributed by atoms with Crippen molar-refractivity contribution in [3.8, 4) is 5.75 Å². The van der Waals surface area contributed by atoms with Gasteiger partial charge in [0.2, 0.25) is 0 Å². The summed E-state index contributed by atoms with van der Waals surface area (Å²) < 4.78 is 18.6. The molecule has 1 aliphatic carbocycles. The molecule has 2 aliphatic heterocycles. The highest BCUT2D eigenvalue weighted by Gasteiger charge is 2.64. The fraction of sp³-hybridized carbons (Fsp3) is 0.667. The van der Waals surface area contributed by atoms with Crippen molar-refractivity contribution in [3.63, 3.8) is 0 Å². The molecule has 4 rings (SSSR count). The van der Waals surface area contributed by atoms with Crippen molar-refractivity contribution in [1.82, 2.24) is 0 Å². The lowest BCUT2D eigenvalue weighted by Gasteiger charge is -2.63. The highest BCUT2D eigenvalue weighted by atomic mass is 16.5. The zero-order valence-corrected chi connectivity index (χ0v) is 15.6. The summed E-state index contributed by atoms with van der Waals surface area (Å²) in [5.74, 6) is 1.82. The van der Waals surface area contributed by atoms with E-state index in [2.05, 4.69) is 39.0 Å². The van der Waals surface area contributed by atoms with Gasteiger partial charge < -0.3 is 14.2 Å². The van der Waals surface area contributed by atoms with Crippen LogP contribution in [0.1, 0.15) is 52.2 Å². The summed E-state index contributed by atoms with van der Waals surface area (Å²) in [6.07, 6.45) is 1.44. The van der Waals surface area contributed by atoms with Gasteiger partial charge in [-0.15, -0.1) is 0 Å². The summed E-state index contributed by atoms with van der Waals surface area (Å²) in [7, 11) is 0. The van der Waals surface area contributed by atoms with Crippen molar-refractivity contribution >= 4 is 5.97 Å². The van der Waals surface area contributed by atoms with Crippen LogP contribution < -0.4 is 4.74 Å². The molecule has 0 amide bonds. The van der Waals surface area contributed by atoms with Crippen molar-refractivity contribution in [2.75, 3.05) is 13.2 Å². The Morgan fingerprint density at radius 3 is 2.84 bits per heavy atom. The zero-order valence-electron chi connectivity index (χ0n) is 15.6. The summed E-state index contributed by atoms with van der Waals surface area (Å²) in [4.78, 5) is 11.8. The maximum atomic E-state index is 11.8. The number of carbonyl (C=O) groups is 1. The first kappa shape index (κ1) is 16.9. The van der Waals surface area contributed by atoms with Crippen molar-refractivity contribution < 1.29 is 19.0 Å². The SMILES string of the molecule is CCC(=O)OC[C@]12CO[C@@H]3c4ccccc4O[C@@](C)(C[C@@H]1C)[C@@H]3[C@@H]2C. The molecule has 4 nitrogen and oxygen atoms in total. The van der Waals surface area contributed by atoms with E-state index in [0.717, 1.165) is 17.7 Å². The molecule has 0 radical (unpaired) electrons. The molecular formula is C21H28O4. The quantitative estimate of drug-likeness (QED) is 0.773. The Morgan fingerprint density at radius 2 is 2.08 bits per heavy atom. The second-order valence-electron chi connectivity index (χ2n) is 8.35. The van der Waals surface area contributed by atoms with Crippen LogP contribution in [0.15, 0.2) is 24.3 Å². The van der Waals surface area contributed by atoms with Crippen LogP contribution in [0.25, 0.3) is 0 Å². The molecule has 1 aromatic carbocycles. The molecule has 4 heteroatoms. The molecule has 0 aromatic heterocycles. The van der Waals surface area contributed by atoms with Crippen LogP contribution in [0.2, 0.25) is 0 Å². The molecule has 1 saturated carbocycles. The second kappa shape index (κ2) is 5.73. The first-order valence-electron chi connectivity index (χ1n) is 9.46. The van der Waals surface area contributed by atoms with Gasteiger partial charge in [0.05, 0.1) is 19.3 Å². The number of benzene rings is 1. The van der Waals surface area contributed by atoms with Gasteiger partial charge in [-0.1, -0.05) is 39.0 Å². The van der Waals surface area contributed by atoms with Crippen molar-refractivity contribution in [1.29, 1.82) is 0 Å². The molecule has 3 aliphatic rings. The van der Waals surface area contributed by atoms with Gasteiger partial charge in [-0.05, 0) is 31.2 Å². The maximum absolute atomic E-state index is 11.8. The first-order valence-corrected chi connectivity index (χ1v) is 9.46. The van der Waals surface area contributed by atoms with Gasteiger partial charge in [0, 0.05) is 23.3 Å². The van der Waals surface area contributed by atoms with E-state index in [1.807, 2.05) is 13.0 Å². The highest BCUT2D eigenvalue weighted by molar-refractivity contribution is 5.68. The van der Waals surface area contributed by atoms with E-state index >= 15 is 0 Å². The normalized spacial score (nSPS) is 41.4. The molecule has 1 aromatic rings. The summed E-state index contributed by atoms with van der Waals surface area (Å²) in [5, 5.41) is 0. The fourth-order valence-electron chi connectivity index (χ4n) is 5.57. The van der Waals surface area contributed by atoms with Crippen LogP contribution >= 0.6 is 0 Å². The Hall–Kier alpha value is -1.55. The van der Waals surface area contributed by atoms with E-state index in [4.69, 9.17) is 14.2 Å². The van der Waals surface area contributed by atoms with Gasteiger partial charge in [-0.25, -0.2) is 0 Å². The van der Waals surface area contributed by atoms with Gasteiger partial charge in [-0.3, -0.25) is 4.79 Å².